The number of rotatable bonds is 3. The van der Waals surface area contributed by atoms with Crippen molar-refractivity contribution in [2.45, 2.75) is 31.8 Å². The first-order chi connectivity index (χ1) is 9.24. The standard InChI is InChI=1S/C15H15NO3/c17-15(18)13-9-10-5-1-4-8-12(10)14(16-13)19-11-6-2-3-7-11/h1,4-5,8-9,11H,2-3,6-7H2,(H,17,18). The number of benzene rings is 1. The van der Waals surface area contributed by atoms with Crippen molar-refractivity contribution in [3.05, 3.63) is 36.0 Å². The molecular weight excluding hydrogens is 242 g/mol. The number of nitrogens with zero attached hydrogens (tertiary/aromatic N) is 1. The Morgan fingerprint density at radius 2 is 2.00 bits per heavy atom. The van der Waals surface area contributed by atoms with E-state index >= 15 is 0 Å². The van der Waals surface area contributed by atoms with Crippen LogP contribution in [0.5, 0.6) is 5.88 Å². The van der Waals surface area contributed by atoms with Crippen LogP contribution in [0.25, 0.3) is 10.8 Å². The average molecular weight is 257 g/mol. The third-order valence-electron chi connectivity index (χ3n) is 3.51. The van der Waals surface area contributed by atoms with Crippen molar-refractivity contribution in [3.8, 4) is 5.88 Å². The van der Waals surface area contributed by atoms with Crippen LogP contribution in [0.1, 0.15) is 36.2 Å². The van der Waals surface area contributed by atoms with Crippen molar-refractivity contribution in [2.24, 2.45) is 0 Å². The summed E-state index contributed by atoms with van der Waals surface area (Å²) in [6, 6.07) is 9.17. The molecule has 1 saturated carbocycles. The van der Waals surface area contributed by atoms with Crippen molar-refractivity contribution >= 4 is 16.7 Å². The van der Waals surface area contributed by atoms with E-state index in [0.29, 0.717) is 5.88 Å². The van der Waals surface area contributed by atoms with Gasteiger partial charge < -0.3 is 9.84 Å². The van der Waals surface area contributed by atoms with Gasteiger partial charge in [0.1, 0.15) is 6.10 Å². The van der Waals surface area contributed by atoms with E-state index in [4.69, 9.17) is 9.84 Å². The summed E-state index contributed by atoms with van der Waals surface area (Å²) in [6.45, 7) is 0. The van der Waals surface area contributed by atoms with Crippen LogP contribution in [0.3, 0.4) is 0 Å². The van der Waals surface area contributed by atoms with E-state index in [0.717, 1.165) is 23.6 Å². The Labute approximate surface area is 111 Å². The molecule has 2 aromatic rings. The number of carboxylic acid groups (broad SMARTS) is 1. The first-order valence-electron chi connectivity index (χ1n) is 6.54. The molecule has 1 aliphatic carbocycles. The molecule has 3 rings (SSSR count). The number of carbonyl (C=O) groups is 1. The Morgan fingerprint density at radius 1 is 1.26 bits per heavy atom. The largest absolute Gasteiger partial charge is 0.477 e. The van der Waals surface area contributed by atoms with Gasteiger partial charge in [-0.05, 0) is 43.2 Å². The van der Waals surface area contributed by atoms with Crippen LogP contribution in [-0.2, 0) is 0 Å². The zero-order valence-electron chi connectivity index (χ0n) is 10.5. The quantitative estimate of drug-likeness (QED) is 0.916. The molecule has 1 fully saturated rings. The van der Waals surface area contributed by atoms with Gasteiger partial charge >= 0.3 is 5.97 Å². The number of fused-ring (bicyclic) bond motifs is 1. The molecule has 98 valence electrons. The zero-order valence-corrected chi connectivity index (χ0v) is 10.5. The minimum Gasteiger partial charge on any atom is -0.477 e. The highest BCUT2D eigenvalue weighted by Crippen LogP contribution is 2.29. The second-order valence-electron chi connectivity index (χ2n) is 4.86. The lowest BCUT2D eigenvalue weighted by Gasteiger charge is -2.14. The fourth-order valence-corrected chi connectivity index (χ4v) is 2.53. The molecule has 4 nitrogen and oxygen atoms in total. The molecule has 0 bridgehead atoms. The maximum Gasteiger partial charge on any atom is 0.354 e. The number of hydrogen-bond donors (Lipinski definition) is 1. The third kappa shape index (κ3) is 2.38. The topological polar surface area (TPSA) is 59.4 Å². The highest BCUT2D eigenvalue weighted by Gasteiger charge is 2.19. The summed E-state index contributed by atoms with van der Waals surface area (Å²) in [5.74, 6) is -0.579. The summed E-state index contributed by atoms with van der Waals surface area (Å²) in [4.78, 5) is 15.3. The average Bonchev–Trinajstić information content (AvgIpc) is 2.91. The molecule has 0 unspecified atom stereocenters. The van der Waals surface area contributed by atoms with Gasteiger partial charge in [-0.3, -0.25) is 0 Å². The van der Waals surface area contributed by atoms with Crippen molar-refractivity contribution < 1.29 is 14.6 Å². The molecule has 0 saturated heterocycles. The van der Waals surface area contributed by atoms with E-state index in [1.54, 1.807) is 6.07 Å². The molecule has 0 aliphatic heterocycles. The van der Waals surface area contributed by atoms with Gasteiger partial charge in [-0.15, -0.1) is 0 Å². The summed E-state index contributed by atoms with van der Waals surface area (Å²) < 4.78 is 5.90. The molecule has 0 spiro atoms. The fourth-order valence-electron chi connectivity index (χ4n) is 2.53. The van der Waals surface area contributed by atoms with Crippen LogP contribution in [-0.4, -0.2) is 22.2 Å². The predicted molar refractivity (Wildman–Crippen MR) is 71.6 cm³/mol. The summed E-state index contributed by atoms with van der Waals surface area (Å²) in [7, 11) is 0. The Morgan fingerprint density at radius 3 is 2.74 bits per heavy atom. The Hall–Kier alpha value is -2.10. The molecule has 1 aromatic heterocycles. The summed E-state index contributed by atoms with van der Waals surface area (Å²) >= 11 is 0. The highest BCUT2D eigenvalue weighted by atomic mass is 16.5. The SMILES string of the molecule is O=C(O)c1cc2ccccc2c(OC2CCCC2)n1. The normalized spacial score (nSPS) is 15.8. The molecule has 0 radical (unpaired) electrons. The van der Waals surface area contributed by atoms with Crippen LogP contribution < -0.4 is 4.74 Å². The minimum absolute atomic E-state index is 0.0340. The van der Waals surface area contributed by atoms with Gasteiger partial charge in [0.25, 0.3) is 0 Å². The fraction of sp³-hybridized carbons (Fsp3) is 0.333. The van der Waals surface area contributed by atoms with Gasteiger partial charge in [0.2, 0.25) is 5.88 Å². The Balaban J connectivity index is 2.06. The molecule has 0 amide bonds. The van der Waals surface area contributed by atoms with E-state index in [2.05, 4.69) is 4.98 Å². The predicted octanol–water partition coefficient (Wildman–Crippen LogP) is 3.25. The van der Waals surface area contributed by atoms with E-state index in [1.807, 2.05) is 24.3 Å². The second-order valence-corrected chi connectivity index (χ2v) is 4.86. The van der Waals surface area contributed by atoms with E-state index in [-0.39, 0.29) is 11.8 Å². The Kier molecular flexibility index (Phi) is 3.07. The smallest absolute Gasteiger partial charge is 0.354 e. The highest BCUT2D eigenvalue weighted by molar-refractivity contribution is 5.94. The number of aromatic nitrogens is 1. The molecule has 1 aromatic carbocycles. The van der Waals surface area contributed by atoms with Crippen molar-refractivity contribution in [1.29, 1.82) is 0 Å². The molecule has 0 atom stereocenters. The molecule has 19 heavy (non-hydrogen) atoms. The lowest BCUT2D eigenvalue weighted by atomic mass is 10.1. The van der Waals surface area contributed by atoms with Gasteiger partial charge in [-0.25, -0.2) is 9.78 Å². The summed E-state index contributed by atoms with van der Waals surface area (Å²) in [5, 5.41) is 10.8. The van der Waals surface area contributed by atoms with Gasteiger partial charge in [0.05, 0.1) is 0 Å². The van der Waals surface area contributed by atoms with Crippen molar-refractivity contribution in [3.63, 3.8) is 0 Å². The number of aromatic carboxylic acids is 1. The van der Waals surface area contributed by atoms with Gasteiger partial charge in [-0.2, -0.15) is 0 Å². The minimum atomic E-state index is -1.03. The lowest BCUT2D eigenvalue weighted by Crippen LogP contribution is -2.13. The zero-order chi connectivity index (χ0) is 13.2. The van der Waals surface area contributed by atoms with Crippen molar-refractivity contribution in [1.82, 2.24) is 4.98 Å². The van der Waals surface area contributed by atoms with Crippen molar-refractivity contribution in [2.75, 3.05) is 0 Å². The first-order valence-corrected chi connectivity index (χ1v) is 6.54. The Bertz CT molecular complexity index is 618. The van der Waals surface area contributed by atoms with Gasteiger partial charge in [0.15, 0.2) is 5.69 Å². The van der Waals surface area contributed by atoms with E-state index in [9.17, 15) is 4.79 Å². The number of pyridine rings is 1. The summed E-state index contributed by atoms with van der Waals surface area (Å²) in [6.07, 6.45) is 4.54. The van der Waals surface area contributed by atoms with Crippen LogP contribution in [0.15, 0.2) is 30.3 Å². The lowest BCUT2D eigenvalue weighted by molar-refractivity contribution is 0.0688. The molecule has 1 heterocycles. The summed E-state index contributed by atoms with van der Waals surface area (Å²) in [5.41, 5.74) is 0.0340. The third-order valence-corrected chi connectivity index (χ3v) is 3.51. The van der Waals surface area contributed by atoms with E-state index < -0.39 is 5.97 Å². The molecular formula is C15H15NO3. The van der Waals surface area contributed by atoms with Crippen LogP contribution in [0, 0.1) is 0 Å². The monoisotopic (exact) mass is 257 g/mol. The molecule has 4 heteroatoms. The molecule has 1 N–H and O–H groups in total. The molecule has 1 aliphatic rings. The van der Waals surface area contributed by atoms with E-state index in [1.165, 1.54) is 12.8 Å². The van der Waals surface area contributed by atoms with Crippen LogP contribution in [0.4, 0.5) is 0 Å². The maximum absolute atomic E-state index is 11.1. The number of ether oxygens (including phenoxy) is 1. The van der Waals surface area contributed by atoms with Gasteiger partial charge in [-0.1, -0.05) is 18.2 Å². The van der Waals surface area contributed by atoms with Gasteiger partial charge in [0, 0.05) is 5.39 Å². The number of hydrogen-bond acceptors (Lipinski definition) is 3. The van der Waals surface area contributed by atoms with Crippen LogP contribution >= 0.6 is 0 Å². The van der Waals surface area contributed by atoms with Crippen LogP contribution in [0.2, 0.25) is 0 Å². The first kappa shape index (κ1) is 12.0. The maximum atomic E-state index is 11.1. The second kappa shape index (κ2) is 4.88. The number of carboxylic acids is 1.